The lowest BCUT2D eigenvalue weighted by atomic mass is 9.83. The fraction of sp³-hybridized carbons (Fsp3) is 0.778. The molecule has 0 heterocycles. The summed E-state index contributed by atoms with van der Waals surface area (Å²) in [5.74, 6) is -0.0248. The molecule has 4 nitrogen and oxygen atoms in total. The Morgan fingerprint density at radius 1 is 1.54 bits per heavy atom. The number of nitrogens with one attached hydrogen (secondary N) is 2. The Labute approximate surface area is 79.4 Å². The smallest absolute Gasteiger partial charge is 0.232 e. The van der Waals surface area contributed by atoms with Gasteiger partial charge in [0.05, 0.1) is 0 Å². The molecule has 1 amide bonds. The number of nitrogens with two attached hydrogens (primary N) is 1. The molecule has 0 rings (SSSR count). The van der Waals surface area contributed by atoms with Gasteiger partial charge in [0.1, 0.15) is 0 Å². The van der Waals surface area contributed by atoms with Gasteiger partial charge in [-0.3, -0.25) is 15.5 Å². The fourth-order valence-electron chi connectivity index (χ4n) is 1.40. The fourth-order valence-corrected chi connectivity index (χ4v) is 1.40. The molecule has 0 atom stereocenters. The summed E-state index contributed by atoms with van der Waals surface area (Å²) in [5.41, 5.74) is 4.61. The summed E-state index contributed by atoms with van der Waals surface area (Å²) >= 11 is 0. The highest BCUT2D eigenvalue weighted by atomic mass is 16.2. The number of hydrogen-bond acceptors (Lipinski definition) is 2. The van der Waals surface area contributed by atoms with Gasteiger partial charge in [-0.15, -0.1) is 0 Å². The van der Waals surface area contributed by atoms with Crippen LogP contribution in [0.25, 0.3) is 0 Å². The first kappa shape index (κ1) is 11.9. The third-order valence-electron chi connectivity index (χ3n) is 1.78. The predicted octanol–water partition coefficient (Wildman–Crippen LogP) is 1.07. The number of carbonyl (C=O) groups is 1. The van der Waals surface area contributed by atoms with Crippen LogP contribution in [0.3, 0.4) is 0 Å². The molecule has 0 fully saturated rings. The molecule has 4 heteroatoms. The number of rotatable bonds is 3. The summed E-state index contributed by atoms with van der Waals surface area (Å²) in [6.07, 6.45) is 0.784. The van der Waals surface area contributed by atoms with Crippen molar-refractivity contribution in [3.8, 4) is 0 Å². The first-order valence-electron chi connectivity index (χ1n) is 4.41. The minimum absolute atomic E-state index is 0.186. The van der Waals surface area contributed by atoms with Crippen molar-refractivity contribution in [3.63, 3.8) is 0 Å². The molecule has 13 heavy (non-hydrogen) atoms. The number of amides is 1. The van der Waals surface area contributed by atoms with Gasteiger partial charge in [0.2, 0.25) is 5.91 Å². The van der Waals surface area contributed by atoms with Crippen molar-refractivity contribution in [1.82, 2.24) is 5.32 Å². The lowest BCUT2D eigenvalue weighted by molar-refractivity contribution is -0.128. The molecule has 0 aromatic heterocycles. The molecule has 0 saturated heterocycles. The van der Waals surface area contributed by atoms with Crippen LogP contribution in [0.4, 0.5) is 0 Å². The molecule has 0 spiro atoms. The first-order chi connectivity index (χ1) is 5.75. The second-order valence-electron chi connectivity index (χ2n) is 4.35. The van der Waals surface area contributed by atoms with Gasteiger partial charge < -0.3 is 5.73 Å². The molecule has 0 bridgehead atoms. The summed E-state index contributed by atoms with van der Waals surface area (Å²) in [6, 6.07) is 0. The van der Waals surface area contributed by atoms with Crippen LogP contribution in [0.5, 0.6) is 0 Å². The SMILES string of the molecule is CC(C)CC(C)(C)C(=O)NC(=N)N. The van der Waals surface area contributed by atoms with E-state index in [2.05, 4.69) is 19.2 Å². The van der Waals surface area contributed by atoms with E-state index in [1.54, 1.807) is 0 Å². The highest BCUT2D eigenvalue weighted by molar-refractivity contribution is 5.97. The van der Waals surface area contributed by atoms with E-state index < -0.39 is 5.41 Å². The molecule has 0 aliphatic rings. The predicted molar refractivity (Wildman–Crippen MR) is 53.3 cm³/mol. The van der Waals surface area contributed by atoms with E-state index in [-0.39, 0.29) is 11.9 Å². The van der Waals surface area contributed by atoms with Gasteiger partial charge in [-0.25, -0.2) is 0 Å². The minimum Gasteiger partial charge on any atom is -0.370 e. The Balaban J connectivity index is 4.27. The van der Waals surface area contributed by atoms with E-state index in [4.69, 9.17) is 11.1 Å². The van der Waals surface area contributed by atoms with Crippen LogP contribution < -0.4 is 11.1 Å². The van der Waals surface area contributed by atoms with E-state index in [0.717, 1.165) is 6.42 Å². The summed E-state index contributed by atoms with van der Waals surface area (Å²) in [7, 11) is 0. The van der Waals surface area contributed by atoms with Crippen LogP contribution in [-0.4, -0.2) is 11.9 Å². The highest BCUT2D eigenvalue weighted by Gasteiger charge is 2.28. The van der Waals surface area contributed by atoms with Crippen LogP contribution in [-0.2, 0) is 4.79 Å². The summed E-state index contributed by atoms with van der Waals surface area (Å²) < 4.78 is 0. The molecule has 4 N–H and O–H groups in total. The van der Waals surface area contributed by atoms with Crippen molar-refractivity contribution >= 4 is 11.9 Å². The zero-order valence-corrected chi connectivity index (χ0v) is 8.77. The number of hydrogen-bond donors (Lipinski definition) is 3. The topological polar surface area (TPSA) is 79.0 Å². The number of guanidine groups is 1. The van der Waals surface area contributed by atoms with Gasteiger partial charge >= 0.3 is 0 Å². The molecule has 0 saturated carbocycles. The molecule has 0 aliphatic carbocycles. The van der Waals surface area contributed by atoms with E-state index >= 15 is 0 Å². The summed E-state index contributed by atoms with van der Waals surface area (Å²) in [4.78, 5) is 11.5. The van der Waals surface area contributed by atoms with Crippen molar-refractivity contribution in [2.45, 2.75) is 34.1 Å². The Hall–Kier alpha value is -1.06. The average molecular weight is 185 g/mol. The molecule has 0 aliphatic heterocycles. The Bertz CT molecular complexity index is 209. The maximum Gasteiger partial charge on any atom is 0.232 e. The third-order valence-corrected chi connectivity index (χ3v) is 1.78. The van der Waals surface area contributed by atoms with Gasteiger partial charge in [0.25, 0.3) is 0 Å². The monoisotopic (exact) mass is 185 g/mol. The van der Waals surface area contributed by atoms with Crippen molar-refractivity contribution < 1.29 is 4.79 Å². The van der Waals surface area contributed by atoms with Gasteiger partial charge in [0, 0.05) is 5.41 Å². The van der Waals surface area contributed by atoms with E-state index in [1.165, 1.54) is 0 Å². The molecule has 0 radical (unpaired) electrons. The maximum absolute atomic E-state index is 11.5. The van der Waals surface area contributed by atoms with Crippen molar-refractivity contribution in [2.75, 3.05) is 0 Å². The standard InChI is InChI=1S/C9H19N3O/c1-6(2)5-9(3,4)7(13)12-8(10)11/h6H,5H2,1-4H3,(H4,10,11,12,13). The first-order valence-corrected chi connectivity index (χ1v) is 4.41. The lowest BCUT2D eigenvalue weighted by Gasteiger charge is -2.24. The Kier molecular flexibility index (Phi) is 3.91. The Morgan fingerprint density at radius 3 is 2.31 bits per heavy atom. The largest absolute Gasteiger partial charge is 0.370 e. The van der Waals surface area contributed by atoms with Gasteiger partial charge in [-0.1, -0.05) is 27.7 Å². The van der Waals surface area contributed by atoms with E-state index in [1.807, 2.05) is 13.8 Å². The van der Waals surface area contributed by atoms with Gasteiger partial charge in [-0.05, 0) is 12.3 Å². The highest BCUT2D eigenvalue weighted by Crippen LogP contribution is 2.24. The molecule has 0 aromatic carbocycles. The van der Waals surface area contributed by atoms with Crippen LogP contribution in [0.2, 0.25) is 0 Å². The van der Waals surface area contributed by atoms with Crippen molar-refractivity contribution in [1.29, 1.82) is 5.41 Å². The van der Waals surface area contributed by atoms with Gasteiger partial charge in [0.15, 0.2) is 5.96 Å². The van der Waals surface area contributed by atoms with Crippen molar-refractivity contribution in [3.05, 3.63) is 0 Å². The number of carbonyl (C=O) groups excluding carboxylic acids is 1. The minimum atomic E-state index is -0.458. The van der Waals surface area contributed by atoms with E-state index in [0.29, 0.717) is 5.92 Å². The summed E-state index contributed by atoms with van der Waals surface area (Å²) in [6.45, 7) is 7.82. The van der Waals surface area contributed by atoms with Crippen LogP contribution >= 0.6 is 0 Å². The molecule has 76 valence electrons. The van der Waals surface area contributed by atoms with Crippen LogP contribution in [0.1, 0.15) is 34.1 Å². The molecular weight excluding hydrogens is 166 g/mol. The van der Waals surface area contributed by atoms with Crippen LogP contribution in [0.15, 0.2) is 0 Å². The van der Waals surface area contributed by atoms with Crippen LogP contribution in [0, 0.1) is 16.7 Å². The van der Waals surface area contributed by atoms with E-state index in [9.17, 15) is 4.79 Å². The average Bonchev–Trinajstić information content (AvgIpc) is 1.81. The van der Waals surface area contributed by atoms with Crippen molar-refractivity contribution in [2.24, 2.45) is 17.1 Å². The quantitative estimate of drug-likeness (QED) is 0.454. The third kappa shape index (κ3) is 4.50. The molecular formula is C9H19N3O. The normalized spacial score (nSPS) is 11.5. The lowest BCUT2D eigenvalue weighted by Crippen LogP contribution is -2.44. The second kappa shape index (κ2) is 4.25. The summed E-state index contributed by atoms with van der Waals surface area (Å²) in [5, 5.41) is 9.24. The zero-order chi connectivity index (χ0) is 10.6. The molecule has 0 unspecified atom stereocenters. The Morgan fingerprint density at radius 2 is 2.00 bits per heavy atom. The molecule has 0 aromatic rings. The van der Waals surface area contributed by atoms with Gasteiger partial charge in [-0.2, -0.15) is 0 Å². The second-order valence-corrected chi connectivity index (χ2v) is 4.35. The zero-order valence-electron chi connectivity index (χ0n) is 8.77. The maximum atomic E-state index is 11.5.